The van der Waals surface area contributed by atoms with Crippen LogP contribution in [0.15, 0.2) is 48.7 Å². The molecule has 0 spiro atoms. The molecule has 0 N–H and O–H groups in total. The third kappa shape index (κ3) is 3.20. The van der Waals surface area contributed by atoms with Gasteiger partial charge in [-0.1, -0.05) is 28.8 Å². The first-order chi connectivity index (χ1) is 12.5. The molecule has 0 unspecified atom stereocenters. The van der Waals surface area contributed by atoms with Crippen molar-refractivity contribution in [2.75, 3.05) is 23.7 Å². The molecule has 5 heteroatoms. The fourth-order valence-corrected chi connectivity index (χ4v) is 4.31. The van der Waals surface area contributed by atoms with Crippen LogP contribution in [0.25, 0.3) is 11.3 Å². The smallest absolute Gasteiger partial charge is 0.399 e. The van der Waals surface area contributed by atoms with Crippen LogP contribution in [0.2, 0.25) is 0 Å². The molecule has 1 aliphatic rings. The summed E-state index contributed by atoms with van der Waals surface area (Å²) in [5.74, 6) is 0. The third-order valence-corrected chi connectivity index (χ3v) is 5.33. The molecule has 1 radical (unpaired) electrons. The van der Waals surface area contributed by atoms with Gasteiger partial charge in [0.05, 0.1) is 0 Å². The molecule has 0 amide bonds. The van der Waals surface area contributed by atoms with Crippen LogP contribution in [-0.2, 0) is 20.1 Å². The average Bonchev–Trinajstić information content (AvgIpc) is 2.87. The van der Waals surface area contributed by atoms with Crippen molar-refractivity contribution >= 4 is 23.8 Å². The molecule has 3 aromatic rings. The molecular formula is C22H23BIrN3-. The third-order valence-electron chi connectivity index (χ3n) is 5.33. The van der Waals surface area contributed by atoms with E-state index in [2.05, 4.69) is 74.8 Å². The molecule has 27 heavy (non-hydrogen) atoms. The molecule has 0 atom stereocenters. The fourth-order valence-electron chi connectivity index (χ4n) is 4.31. The zero-order valence-corrected chi connectivity index (χ0v) is 18.8. The summed E-state index contributed by atoms with van der Waals surface area (Å²) in [4.78, 5) is 9.40. The summed E-state index contributed by atoms with van der Waals surface area (Å²) >= 11 is 0. The van der Waals surface area contributed by atoms with Crippen LogP contribution in [0, 0.1) is 26.8 Å². The molecule has 2 heterocycles. The van der Waals surface area contributed by atoms with Crippen LogP contribution < -0.4 is 15.1 Å². The number of rotatable bonds is 2. The van der Waals surface area contributed by atoms with Gasteiger partial charge in [-0.25, -0.2) is 0 Å². The number of fused-ring (bicyclic) bond motifs is 1. The van der Waals surface area contributed by atoms with E-state index in [9.17, 15) is 0 Å². The molecule has 139 valence electrons. The molecule has 4 rings (SSSR count). The summed E-state index contributed by atoms with van der Waals surface area (Å²) in [5, 5.41) is 0. The topological polar surface area (TPSA) is 19.4 Å². The first kappa shape index (κ1) is 19.7. The Morgan fingerprint density at radius 3 is 2.30 bits per heavy atom. The molecule has 0 saturated carbocycles. The maximum atomic E-state index is 4.69. The number of pyridine rings is 1. The van der Waals surface area contributed by atoms with Crippen molar-refractivity contribution in [3.05, 3.63) is 71.4 Å². The SMILES string of the molecule is Cc1cc(C)c(B2N(C)c3ccnc(-c4[c-]cccc4)c3N2C)c(C)c1.[Ir]. The van der Waals surface area contributed by atoms with Gasteiger partial charge in [0.2, 0.25) is 0 Å². The van der Waals surface area contributed by atoms with Crippen molar-refractivity contribution < 1.29 is 20.1 Å². The molecule has 0 aliphatic carbocycles. The Hall–Kier alpha value is -2.10. The zero-order chi connectivity index (χ0) is 18.4. The Morgan fingerprint density at radius 1 is 0.963 bits per heavy atom. The molecule has 0 bridgehead atoms. The predicted molar refractivity (Wildman–Crippen MR) is 111 cm³/mol. The number of hydrogen-bond acceptors (Lipinski definition) is 3. The van der Waals surface area contributed by atoms with Gasteiger partial charge in [-0.05, 0) is 46.4 Å². The van der Waals surface area contributed by atoms with Gasteiger partial charge >= 0.3 is 6.98 Å². The van der Waals surface area contributed by atoms with Crippen LogP contribution in [0.3, 0.4) is 0 Å². The van der Waals surface area contributed by atoms with Gasteiger partial charge in [-0.2, -0.15) is 0 Å². The summed E-state index contributed by atoms with van der Waals surface area (Å²) in [6.45, 7) is 6.75. The largest absolute Gasteiger partial charge is 0.410 e. The first-order valence-corrected chi connectivity index (χ1v) is 8.98. The fraction of sp³-hybridized carbons (Fsp3) is 0.227. The van der Waals surface area contributed by atoms with E-state index in [1.165, 1.54) is 33.5 Å². The van der Waals surface area contributed by atoms with Crippen LogP contribution in [0.1, 0.15) is 16.7 Å². The number of anilines is 2. The second-order valence-electron chi connectivity index (χ2n) is 7.21. The van der Waals surface area contributed by atoms with E-state index in [4.69, 9.17) is 4.98 Å². The second kappa shape index (κ2) is 7.50. The van der Waals surface area contributed by atoms with E-state index in [-0.39, 0.29) is 27.1 Å². The minimum Gasteiger partial charge on any atom is -0.399 e. The quantitative estimate of drug-likeness (QED) is 0.371. The molecule has 2 aromatic carbocycles. The van der Waals surface area contributed by atoms with E-state index in [1.54, 1.807) is 0 Å². The van der Waals surface area contributed by atoms with Gasteiger partial charge in [0.25, 0.3) is 0 Å². The predicted octanol–water partition coefficient (Wildman–Crippen LogP) is 3.75. The molecule has 1 aromatic heterocycles. The maximum Gasteiger partial charge on any atom is 0.410 e. The molecule has 1 aliphatic heterocycles. The van der Waals surface area contributed by atoms with E-state index < -0.39 is 0 Å². The maximum absolute atomic E-state index is 4.69. The van der Waals surface area contributed by atoms with E-state index >= 15 is 0 Å². The summed E-state index contributed by atoms with van der Waals surface area (Å²) < 4.78 is 0. The molecule has 0 saturated heterocycles. The van der Waals surface area contributed by atoms with E-state index in [1.807, 2.05) is 24.4 Å². The molecule has 3 nitrogen and oxygen atoms in total. The number of nitrogens with zero attached hydrogens (tertiary/aromatic N) is 3. The summed E-state index contributed by atoms with van der Waals surface area (Å²) in [7, 11) is 4.34. The minimum absolute atomic E-state index is 0. The Kier molecular flexibility index (Phi) is 5.46. The van der Waals surface area contributed by atoms with E-state index in [0.717, 1.165) is 11.3 Å². The van der Waals surface area contributed by atoms with Crippen LogP contribution in [0.4, 0.5) is 11.4 Å². The van der Waals surface area contributed by atoms with Crippen LogP contribution >= 0.6 is 0 Å². The zero-order valence-electron chi connectivity index (χ0n) is 16.4. The monoisotopic (exact) mass is 533 g/mol. The van der Waals surface area contributed by atoms with Crippen molar-refractivity contribution in [2.45, 2.75) is 20.8 Å². The number of aromatic nitrogens is 1. The summed E-state index contributed by atoms with van der Waals surface area (Å²) in [6.07, 6.45) is 1.90. The van der Waals surface area contributed by atoms with Gasteiger partial charge in [0.15, 0.2) is 0 Å². The van der Waals surface area contributed by atoms with Crippen molar-refractivity contribution in [2.24, 2.45) is 0 Å². The standard InChI is InChI=1S/C22H23BN3.Ir/c1-15-13-16(2)20(17(3)14-15)23-25(4)19-11-12-24-21(22(19)26(23)5)18-9-7-6-8-10-18;/h6-9,11-14H,1-5H3;/q-1;. The normalized spacial score (nSPS) is 12.9. The Labute approximate surface area is 175 Å². The summed E-state index contributed by atoms with van der Waals surface area (Å²) in [5.41, 5.74) is 9.75. The van der Waals surface area contributed by atoms with Gasteiger partial charge in [0.1, 0.15) is 0 Å². The van der Waals surface area contributed by atoms with Crippen molar-refractivity contribution in [3.63, 3.8) is 0 Å². The van der Waals surface area contributed by atoms with Gasteiger partial charge in [0, 0.05) is 43.4 Å². The first-order valence-electron chi connectivity index (χ1n) is 8.98. The minimum atomic E-state index is 0. The number of aryl methyl sites for hydroxylation is 3. The van der Waals surface area contributed by atoms with E-state index in [0.29, 0.717) is 0 Å². The second-order valence-corrected chi connectivity index (χ2v) is 7.21. The van der Waals surface area contributed by atoms with Crippen molar-refractivity contribution in [1.82, 2.24) is 4.98 Å². The van der Waals surface area contributed by atoms with Crippen LogP contribution in [-0.4, -0.2) is 26.1 Å². The van der Waals surface area contributed by atoms with Gasteiger partial charge in [-0.3, -0.25) is 0 Å². The number of benzene rings is 2. The summed E-state index contributed by atoms with van der Waals surface area (Å²) in [6, 6.07) is 18.0. The average molecular weight is 532 g/mol. The van der Waals surface area contributed by atoms with Gasteiger partial charge in [-0.15, -0.1) is 35.9 Å². The van der Waals surface area contributed by atoms with Crippen LogP contribution in [0.5, 0.6) is 0 Å². The van der Waals surface area contributed by atoms with Crippen molar-refractivity contribution in [1.29, 1.82) is 0 Å². The molecular weight excluding hydrogens is 509 g/mol. The van der Waals surface area contributed by atoms with Gasteiger partial charge < -0.3 is 14.6 Å². The molecule has 0 fully saturated rings. The Balaban J connectivity index is 0.00000210. The van der Waals surface area contributed by atoms with Crippen molar-refractivity contribution in [3.8, 4) is 11.3 Å². The Morgan fingerprint density at radius 2 is 1.67 bits per heavy atom. The Bertz CT molecular complexity index is 952. The number of hydrogen-bond donors (Lipinski definition) is 0.